The van der Waals surface area contributed by atoms with Crippen LogP contribution in [-0.4, -0.2) is 32.1 Å². The van der Waals surface area contributed by atoms with Gasteiger partial charge in [-0.25, -0.2) is 4.79 Å². The number of esters is 1. The van der Waals surface area contributed by atoms with E-state index in [0.29, 0.717) is 29.2 Å². The molecule has 2 aromatic rings. The highest BCUT2D eigenvalue weighted by Crippen LogP contribution is 2.27. The second-order valence-corrected chi connectivity index (χ2v) is 6.93. The zero-order valence-corrected chi connectivity index (χ0v) is 15.8. The van der Waals surface area contributed by atoms with Crippen molar-refractivity contribution in [3.63, 3.8) is 0 Å². The average molecular weight is 377 g/mol. The SMILES string of the molecule is COC(=O)c1cc(NC(=O)CC2CCNCC2)cc(-c2cccc(C#N)c2)c1. The van der Waals surface area contributed by atoms with Crippen LogP contribution in [0.4, 0.5) is 5.69 Å². The molecule has 0 saturated carbocycles. The molecule has 6 heteroatoms. The molecule has 1 aliphatic heterocycles. The molecule has 0 aromatic heterocycles. The first kappa shape index (κ1) is 19.6. The van der Waals surface area contributed by atoms with Crippen LogP contribution in [0.3, 0.4) is 0 Å². The van der Waals surface area contributed by atoms with Gasteiger partial charge in [-0.3, -0.25) is 4.79 Å². The average Bonchev–Trinajstić information content (AvgIpc) is 2.73. The molecule has 3 rings (SSSR count). The van der Waals surface area contributed by atoms with Crippen molar-refractivity contribution in [3.8, 4) is 17.2 Å². The summed E-state index contributed by atoms with van der Waals surface area (Å²) in [6.07, 6.45) is 2.44. The molecule has 1 fully saturated rings. The van der Waals surface area contributed by atoms with Crippen LogP contribution in [0.15, 0.2) is 42.5 Å². The fourth-order valence-electron chi connectivity index (χ4n) is 3.43. The molecule has 0 bridgehead atoms. The number of piperidine rings is 1. The second kappa shape index (κ2) is 9.16. The first-order valence-electron chi connectivity index (χ1n) is 9.33. The minimum atomic E-state index is -0.479. The van der Waals surface area contributed by atoms with Crippen LogP contribution in [0.2, 0.25) is 0 Å². The molecule has 2 aromatic carbocycles. The van der Waals surface area contributed by atoms with Crippen molar-refractivity contribution in [1.29, 1.82) is 5.26 Å². The van der Waals surface area contributed by atoms with Gasteiger partial charge < -0.3 is 15.4 Å². The van der Waals surface area contributed by atoms with Crippen molar-refractivity contribution in [2.75, 3.05) is 25.5 Å². The molecule has 0 aliphatic carbocycles. The highest BCUT2D eigenvalue weighted by Gasteiger charge is 2.18. The molecule has 1 heterocycles. The Bertz CT molecular complexity index is 911. The summed E-state index contributed by atoms with van der Waals surface area (Å²) in [6, 6.07) is 14.3. The molecule has 0 spiro atoms. The Hall–Kier alpha value is -3.17. The highest BCUT2D eigenvalue weighted by molar-refractivity contribution is 5.96. The van der Waals surface area contributed by atoms with Gasteiger partial charge in [0.1, 0.15) is 0 Å². The van der Waals surface area contributed by atoms with E-state index in [0.717, 1.165) is 37.1 Å². The Morgan fingerprint density at radius 3 is 2.68 bits per heavy atom. The van der Waals surface area contributed by atoms with Gasteiger partial charge in [0.05, 0.1) is 24.3 Å². The van der Waals surface area contributed by atoms with Crippen LogP contribution in [-0.2, 0) is 9.53 Å². The molecule has 28 heavy (non-hydrogen) atoms. The number of carbonyl (C=O) groups excluding carboxylic acids is 2. The van der Waals surface area contributed by atoms with E-state index in [9.17, 15) is 9.59 Å². The van der Waals surface area contributed by atoms with Gasteiger partial charge in [0.15, 0.2) is 0 Å². The van der Waals surface area contributed by atoms with E-state index in [2.05, 4.69) is 16.7 Å². The lowest BCUT2D eigenvalue weighted by molar-refractivity contribution is -0.117. The number of methoxy groups -OCH3 is 1. The van der Waals surface area contributed by atoms with E-state index >= 15 is 0 Å². The summed E-state index contributed by atoms with van der Waals surface area (Å²) in [5.41, 5.74) is 2.94. The molecule has 0 radical (unpaired) electrons. The van der Waals surface area contributed by atoms with Crippen molar-refractivity contribution in [2.24, 2.45) is 5.92 Å². The Kier molecular flexibility index (Phi) is 6.41. The van der Waals surface area contributed by atoms with Crippen molar-refractivity contribution < 1.29 is 14.3 Å². The van der Waals surface area contributed by atoms with Gasteiger partial charge >= 0.3 is 5.97 Å². The predicted molar refractivity (Wildman–Crippen MR) is 107 cm³/mol. The minimum Gasteiger partial charge on any atom is -0.465 e. The maximum atomic E-state index is 12.5. The summed E-state index contributed by atoms with van der Waals surface area (Å²) in [6.45, 7) is 1.88. The fraction of sp³-hybridized carbons (Fsp3) is 0.318. The molecule has 0 unspecified atom stereocenters. The van der Waals surface area contributed by atoms with Gasteiger partial charge in [0.25, 0.3) is 0 Å². The third-order valence-corrected chi connectivity index (χ3v) is 4.90. The van der Waals surface area contributed by atoms with Gasteiger partial charge in [-0.15, -0.1) is 0 Å². The Labute approximate surface area is 164 Å². The smallest absolute Gasteiger partial charge is 0.337 e. The van der Waals surface area contributed by atoms with Gasteiger partial charge in [-0.1, -0.05) is 12.1 Å². The summed E-state index contributed by atoms with van der Waals surface area (Å²) in [7, 11) is 1.32. The van der Waals surface area contributed by atoms with E-state index in [-0.39, 0.29) is 5.91 Å². The third-order valence-electron chi connectivity index (χ3n) is 4.90. The van der Waals surface area contributed by atoms with Crippen LogP contribution in [0, 0.1) is 17.2 Å². The summed E-state index contributed by atoms with van der Waals surface area (Å²) >= 11 is 0. The van der Waals surface area contributed by atoms with Gasteiger partial charge in [0, 0.05) is 12.1 Å². The Morgan fingerprint density at radius 1 is 1.18 bits per heavy atom. The first-order chi connectivity index (χ1) is 13.6. The molecular formula is C22H23N3O3. The first-order valence-corrected chi connectivity index (χ1v) is 9.33. The second-order valence-electron chi connectivity index (χ2n) is 6.93. The lowest BCUT2D eigenvalue weighted by atomic mass is 9.94. The zero-order chi connectivity index (χ0) is 19.9. The standard InChI is InChI=1S/C22H23N3O3/c1-28-22(27)19-11-18(17-4-2-3-16(9-17)14-23)12-20(13-19)25-21(26)10-15-5-7-24-8-6-15/h2-4,9,11-13,15,24H,5-8,10H2,1H3,(H,25,26). The number of rotatable bonds is 5. The molecule has 1 saturated heterocycles. The number of anilines is 1. The zero-order valence-electron chi connectivity index (χ0n) is 15.8. The van der Waals surface area contributed by atoms with Crippen LogP contribution in [0.5, 0.6) is 0 Å². The minimum absolute atomic E-state index is 0.0642. The number of amides is 1. The Morgan fingerprint density at radius 2 is 1.96 bits per heavy atom. The molecular weight excluding hydrogens is 354 g/mol. The van der Waals surface area contributed by atoms with Crippen molar-refractivity contribution in [1.82, 2.24) is 5.32 Å². The summed E-state index contributed by atoms with van der Waals surface area (Å²) in [4.78, 5) is 24.6. The van der Waals surface area contributed by atoms with E-state index < -0.39 is 5.97 Å². The lowest BCUT2D eigenvalue weighted by Crippen LogP contribution is -2.30. The number of nitrogens with zero attached hydrogens (tertiary/aromatic N) is 1. The summed E-state index contributed by atoms with van der Waals surface area (Å²) in [5.74, 6) is -0.172. The van der Waals surface area contributed by atoms with E-state index in [1.54, 1.807) is 30.3 Å². The van der Waals surface area contributed by atoms with E-state index in [1.165, 1.54) is 7.11 Å². The fourth-order valence-corrected chi connectivity index (χ4v) is 3.43. The number of hydrogen-bond donors (Lipinski definition) is 2. The molecule has 1 amide bonds. The number of nitriles is 1. The number of nitrogens with one attached hydrogen (secondary N) is 2. The molecule has 1 aliphatic rings. The number of benzene rings is 2. The highest BCUT2D eigenvalue weighted by atomic mass is 16.5. The molecule has 0 atom stereocenters. The van der Waals surface area contributed by atoms with Crippen LogP contribution >= 0.6 is 0 Å². The normalized spacial score (nSPS) is 14.1. The van der Waals surface area contributed by atoms with E-state index in [4.69, 9.17) is 10.00 Å². The van der Waals surface area contributed by atoms with Crippen LogP contribution in [0.25, 0.3) is 11.1 Å². The maximum Gasteiger partial charge on any atom is 0.337 e. The van der Waals surface area contributed by atoms with Crippen molar-refractivity contribution in [3.05, 3.63) is 53.6 Å². The summed E-state index contributed by atoms with van der Waals surface area (Å²) in [5, 5.41) is 15.3. The largest absolute Gasteiger partial charge is 0.465 e. The Balaban J connectivity index is 1.86. The maximum absolute atomic E-state index is 12.5. The quantitative estimate of drug-likeness (QED) is 0.780. The van der Waals surface area contributed by atoms with Gasteiger partial charge in [-0.05, 0) is 73.3 Å². The third kappa shape index (κ3) is 4.96. The number of ether oxygens (including phenoxy) is 1. The van der Waals surface area contributed by atoms with Crippen LogP contribution in [0.1, 0.15) is 35.2 Å². The summed E-state index contributed by atoms with van der Waals surface area (Å²) < 4.78 is 4.84. The molecule has 144 valence electrons. The number of carbonyl (C=O) groups is 2. The van der Waals surface area contributed by atoms with E-state index in [1.807, 2.05) is 12.1 Å². The van der Waals surface area contributed by atoms with Crippen molar-refractivity contribution >= 4 is 17.6 Å². The lowest BCUT2D eigenvalue weighted by Gasteiger charge is -2.22. The van der Waals surface area contributed by atoms with Crippen LogP contribution < -0.4 is 10.6 Å². The molecule has 2 N–H and O–H groups in total. The van der Waals surface area contributed by atoms with Gasteiger partial charge in [0.2, 0.25) is 5.91 Å². The monoisotopic (exact) mass is 377 g/mol. The van der Waals surface area contributed by atoms with Gasteiger partial charge in [-0.2, -0.15) is 5.26 Å². The topological polar surface area (TPSA) is 91.2 Å². The van der Waals surface area contributed by atoms with Crippen molar-refractivity contribution in [2.45, 2.75) is 19.3 Å². The predicted octanol–water partition coefficient (Wildman–Crippen LogP) is 3.34. The molecule has 6 nitrogen and oxygen atoms in total. The number of hydrogen-bond acceptors (Lipinski definition) is 5.